The van der Waals surface area contributed by atoms with Crippen molar-refractivity contribution in [2.45, 2.75) is 6.36 Å². The SMILES string of the molecule is O=C1c2ccccc2C(=O)N1c1ccc(-c2ncn(-c3ccc(OC(F)(F)F)cc3)n2)cc1F. The summed E-state index contributed by atoms with van der Waals surface area (Å²) in [7, 11) is 0. The van der Waals surface area contributed by atoms with Crippen LogP contribution in [0.3, 0.4) is 0 Å². The highest BCUT2D eigenvalue weighted by molar-refractivity contribution is 6.34. The number of alkyl halides is 3. The fourth-order valence-electron chi connectivity index (χ4n) is 3.56. The number of aromatic nitrogens is 3. The summed E-state index contributed by atoms with van der Waals surface area (Å²) in [5.41, 5.74) is 0.866. The standard InChI is InChI=1S/C23H12F4N4O3/c24-18-11-13(5-10-19(18)31-21(32)16-3-1-2-4-17(16)22(31)33)20-28-12-30(29-20)14-6-8-15(9-7-14)34-23(25,26)27/h1-12H. The molecule has 0 N–H and O–H groups in total. The maximum atomic E-state index is 15.0. The van der Waals surface area contributed by atoms with Crippen molar-refractivity contribution in [1.29, 1.82) is 0 Å². The summed E-state index contributed by atoms with van der Waals surface area (Å²) in [6, 6.07) is 15.0. The molecule has 0 aliphatic carbocycles. The second-order valence-corrected chi connectivity index (χ2v) is 7.21. The molecule has 5 rings (SSSR count). The number of anilines is 1. The number of nitrogens with zero attached hydrogens (tertiary/aromatic N) is 4. The van der Waals surface area contributed by atoms with Crippen molar-refractivity contribution in [3.05, 3.63) is 90.0 Å². The summed E-state index contributed by atoms with van der Waals surface area (Å²) in [6.45, 7) is 0. The second-order valence-electron chi connectivity index (χ2n) is 7.21. The Morgan fingerprint density at radius 1 is 0.853 bits per heavy atom. The molecule has 0 unspecified atom stereocenters. The van der Waals surface area contributed by atoms with Crippen molar-refractivity contribution in [2.24, 2.45) is 0 Å². The first-order valence-corrected chi connectivity index (χ1v) is 9.77. The maximum Gasteiger partial charge on any atom is 0.573 e. The quantitative estimate of drug-likeness (QED) is 0.319. The molecule has 0 atom stereocenters. The molecule has 34 heavy (non-hydrogen) atoms. The smallest absolute Gasteiger partial charge is 0.406 e. The number of rotatable bonds is 4. The van der Waals surface area contributed by atoms with Gasteiger partial charge in [0, 0.05) is 5.56 Å². The van der Waals surface area contributed by atoms with Gasteiger partial charge >= 0.3 is 6.36 Å². The van der Waals surface area contributed by atoms with E-state index in [0.717, 1.165) is 23.1 Å². The Kier molecular flexibility index (Phi) is 4.89. The van der Waals surface area contributed by atoms with Gasteiger partial charge in [0.25, 0.3) is 11.8 Å². The van der Waals surface area contributed by atoms with Crippen LogP contribution in [-0.2, 0) is 0 Å². The summed E-state index contributed by atoms with van der Waals surface area (Å²) >= 11 is 0. The third-order valence-corrected chi connectivity index (χ3v) is 5.07. The summed E-state index contributed by atoms with van der Waals surface area (Å²) in [5.74, 6) is -2.32. The van der Waals surface area contributed by atoms with Gasteiger partial charge < -0.3 is 4.74 Å². The highest BCUT2D eigenvalue weighted by Gasteiger charge is 2.37. The zero-order valence-electron chi connectivity index (χ0n) is 17.0. The van der Waals surface area contributed by atoms with Crippen molar-refractivity contribution in [2.75, 3.05) is 4.90 Å². The average Bonchev–Trinajstić information content (AvgIpc) is 3.38. The van der Waals surface area contributed by atoms with Crippen molar-refractivity contribution in [3.63, 3.8) is 0 Å². The number of fused-ring (bicyclic) bond motifs is 1. The largest absolute Gasteiger partial charge is 0.573 e. The van der Waals surface area contributed by atoms with Crippen molar-refractivity contribution >= 4 is 17.5 Å². The van der Waals surface area contributed by atoms with Gasteiger partial charge in [-0.1, -0.05) is 12.1 Å². The Morgan fingerprint density at radius 3 is 2.09 bits per heavy atom. The summed E-state index contributed by atoms with van der Waals surface area (Å²) in [6.07, 6.45) is -3.49. The zero-order chi connectivity index (χ0) is 24.0. The summed E-state index contributed by atoms with van der Waals surface area (Å²) < 4.78 is 57.0. The fraction of sp³-hybridized carbons (Fsp3) is 0.0435. The number of hydrogen-bond donors (Lipinski definition) is 0. The Bertz CT molecular complexity index is 1400. The number of amides is 2. The van der Waals surface area contributed by atoms with E-state index in [1.165, 1.54) is 47.4 Å². The molecule has 2 heterocycles. The lowest BCUT2D eigenvalue weighted by Gasteiger charge is -2.15. The Hall–Kier alpha value is -4.54. The van der Waals surface area contributed by atoms with Crippen LogP contribution < -0.4 is 9.64 Å². The van der Waals surface area contributed by atoms with Crippen LogP contribution >= 0.6 is 0 Å². The van der Waals surface area contributed by atoms with Gasteiger partial charge in [-0.15, -0.1) is 18.3 Å². The van der Waals surface area contributed by atoms with Crippen molar-refractivity contribution in [1.82, 2.24) is 14.8 Å². The van der Waals surface area contributed by atoms with Crippen LogP contribution in [0.1, 0.15) is 20.7 Å². The monoisotopic (exact) mass is 468 g/mol. The predicted molar refractivity (Wildman–Crippen MR) is 111 cm³/mol. The van der Waals surface area contributed by atoms with E-state index in [0.29, 0.717) is 5.69 Å². The van der Waals surface area contributed by atoms with E-state index in [1.807, 2.05) is 0 Å². The Morgan fingerprint density at radius 2 is 1.50 bits per heavy atom. The van der Waals surface area contributed by atoms with Crippen LogP contribution in [0.25, 0.3) is 17.1 Å². The normalized spacial score (nSPS) is 13.4. The van der Waals surface area contributed by atoms with Gasteiger partial charge in [-0.2, -0.15) is 0 Å². The fourth-order valence-corrected chi connectivity index (χ4v) is 3.56. The Balaban J connectivity index is 1.39. The maximum absolute atomic E-state index is 15.0. The minimum absolute atomic E-state index is 0.128. The van der Waals surface area contributed by atoms with Crippen LogP contribution in [0.2, 0.25) is 0 Å². The van der Waals surface area contributed by atoms with Crippen LogP contribution in [0.15, 0.2) is 73.1 Å². The number of carbonyl (C=O) groups is 2. The van der Waals surface area contributed by atoms with E-state index in [4.69, 9.17) is 0 Å². The van der Waals surface area contributed by atoms with Crippen LogP contribution in [0.5, 0.6) is 5.75 Å². The summed E-state index contributed by atoms with van der Waals surface area (Å²) in [4.78, 5) is 30.1. The molecule has 0 fully saturated rings. The van der Waals surface area contributed by atoms with Crippen molar-refractivity contribution in [3.8, 4) is 22.8 Å². The first-order valence-electron chi connectivity index (χ1n) is 9.77. The molecule has 1 aromatic heterocycles. The van der Waals surface area contributed by atoms with E-state index < -0.39 is 24.0 Å². The highest BCUT2D eigenvalue weighted by Crippen LogP contribution is 2.32. The van der Waals surface area contributed by atoms with E-state index in [-0.39, 0.29) is 34.0 Å². The van der Waals surface area contributed by atoms with E-state index in [1.54, 1.807) is 12.1 Å². The number of benzene rings is 3. The van der Waals surface area contributed by atoms with Crippen LogP contribution in [0.4, 0.5) is 23.2 Å². The van der Waals surface area contributed by atoms with Crippen LogP contribution in [-0.4, -0.2) is 32.9 Å². The van der Waals surface area contributed by atoms with Gasteiger partial charge in [0.05, 0.1) is 22.5 Å². The third kappa shape index (κ3) is 3.76. The van der Waals surface area contributed by atoms with Gasteiger partial charge in [0.1, 0.15) is 17.9 Å². The minimum Gasteiger partial charge on any atom is -0.406 e. The average molecular weight is 468 g/mol. The lowest BCUT2D eigenvalue weighted by Crippen LogP contribution is -2.30. The number of carbonyl (C=O) groups excluding carboxylic acids is 2. The van der Waals surface area contributed by atoms with Gasteiger partial charge in [0.15, 0.2) is 5.82 Å². The van der Waals surface area contributed by atoms with E-state index in [2.05, 4.69) is 14.8 Å². The number of imide groups is 1. The number of ether oxygens (including phenoxy) is 1. The first kappa shape index (κ1) is 21.3. The molecular weight excluding hydrogens is 456 g/mol. The molecule has 2 amide bonds. The lowest BCUT2D eigenvalue weighted by atomic mass is 10.1. The van der Waals surface area contributed by atoms with Gasteiger partial charge in [-0.05, 0) is 54.6 Å². The molecule has 0 bridgehead atoms. The Labute approximate surface area is 188 Å². The third-order valence-electron chi connectivity index (χ3n) is 5.07. The van der Waals surface area contributed by atoms with E-state index >= 15 is 0 Å². The topological polar surface area (TPSA) is 77.3 Å². The molecule has 0 radical (unpaired) electrons. The van der Waals surface area contributed by atoms with Gasteiger partial charge in [0.2, 0.25) is 0 Å². The van der Waals surface area contributed by atoms with Crippen LogP contribution in [0, 0.1) is 5.82 Å². The second kappa shape index (κ2) is 7.80. The van der Waals surface area contributed by atoms with E-state index in [9.17, 15) is 27.2 Å². The molecule has 1 aliphatic rings. The molecule has 170 valence electrons. The molecule has 4 aromatic rings. The lowest BCUT2D eigenvalue weighted by molar-refractivity contribution is -0.274. The van der Waals surface area contributed by atoms with Gasteiger partial charge in [-0.25, -0.2) is 19.0 Å². The van der Waals surface area contributed by atoms with Gasteiger partial charge in [-0.3, -0.25) is 9.59 Å². The molecule has 1 aliphatic heterocycles. The molecule has 11 heteroatoms. The predicted octanol–water partition coefficient (Wildman–Crippen LogP) is 4.77. The molecule has 3 aromatic carbocycles. The number of hydrogen-bond acceptors (Lipinski definition) is 5. The molecule has 0 saturated carbocycles. The number of halogens is 4. The zero-order valence-corrected chi connectivity index (χ0v) is 17.0. The molecule has 7 nitrogen and oxygen atoms in total. The first-order chi connectivity index (χ1) is 16.2. The summed E-state index contributed by atoms with van der Waals surface area (Å²) in [5, 5.41) is 4.21. The highest BCUT2D eigenvalue weighted by atomic mass is 19.4. The van der Waals surface area contributed by atoms with Crippen molar-refractivity contribution < 1.29 is 31.9 Å². The molecular formula is C23H12F4N4O3. The minimum atomic E-state index is -4.80. The molecule has 0 spiro atoms. The molecule has 0 saturated heterocycles.